The number of hydrogen-bond donors (Lipinski definition) is 0. The molecular formula is C20H20N6O. The molecule has 0 radical (unpaired) electrons. The second-order valence-electron chi connectivity index (χ2n) is 6.64. The summed E-state index contributed by atoms with van der Waals surface area (Å²) >= 11 is 0. The molecule has 4 heterocycles. The first-order valence-electron chi connectivity index (χ1n) is 9.22. The van der Waals surface area contributed by atoms with Crippen molar-refractivity contribution in [3.63, 3.8) is 0 Å². The lowest BCUT2D eigenvalue weighted by Crippen LogP contribution is -2.37. The van der Waals surface area contributed by atoms with Crippen molar-refractivity contribution >= 4 is 17.5 Å². The molecule has 0 aliphatic carbocycles. The molecule has 5 rings (SSSR count). The van der Waals surface area contributed by atoms with Crippen LogP contribution in [0.3, 0.4) is 0 Å². The van der Waals surface area contributed by atoms with Crippen molar-refractivity contribution in [2.45, 2.75) is 6.42 Å². The van der Waals surface area contributed by atoms with E-state index in [1.165, 1.54) is 0 Å². The van der Waals surface area contributed by atoms with E-state index in [-0.39, 0.29) is 0 Å². The Morgan fingerprint density at radius 1 is 0.889 bits per heavy atom. The molecule has 0 spiro atoms. The van der Waals surface area contributed by atoms with Gasteiger partial charge in [0.1, 0.15) is 12.1 Å². The summed E-state index contributed by atoms with van der Waals surface area (Å²) in [6.45, 7) is 3.89. The van der Waals surface area contributed by atoms with Gasteiger partial charge >= 0.3 is 0 Å². The summed E-state index contributed by atoms with van der Waals surface area (Å²) in [5, 5.41) is 0. The molecule has 0 amide bonds. The van der Waals surface area contributed by atoms with E-state index in [1.807, 2.05) is 18.5 Å². The lowest BCUT2D eigenvalue weighted by molar-refractivity contribution is 0.122. The number of para-hydroxylation sites is 1. The Morgan fingerprint density at radius 3 is 2.44 bits per heavy atom. The maximum absolute atomic E-state index is 5.49. The molecular weight excluding hydrogens is 340 g/mol. The fraction of sp³-hybridized carbons (Fsp3) is 0.300. The van der Waals surface area contributed by atoms with E-state index in [0.29, 0.717) is 13.2 Å². The number of benzene rings is 1. The monoisotopic (exact) mass is 360 g/mol. The van der Waals surface area contributed by atoms with Gasteiger partial charge in [-0.05, 0) is 18.6 Å². The van der Waals surface area contributed by atoms with E-state index in [2.05, 4.69) is 44.0 Å². The molecule has 3 aromatic rings. The van der Waals surface area contributed by atoms with Gasteiger partial charge in [0.15, 0.2) is 0 Å². The predicted molar refractivity (Wildman–Crippen MR) is 103 cm³/mol. The van der Waals surface area contributed by atoms with Crippen LogP contribution in [0.25, 0.3) is 11.3 Å². The van der Waals surface area contributed by atoms with Gasteiger partial charge in [-0.15, -0.1) is 0 Å². The van der Waals surface area contributed by atoms with Crippen LogP contribution in [0, 0.1) is 0 Å². The summed E-state index contributed by atoms with van der Waals surface area (Å²) < 4.78 is 5.49. The summed E-state index contributed by atoms with van der Waals surface area (Å²) in [6.07, 6.45) is 6.09. The molecule has 0 bridgehead atoms. The van der Waals surface area contributed by atoms with Gasteiger partial charge in [0, 0.05) is 48.8 Å². The molecule has 27 heavy (non-hydrogen) atoms. The standard InChI is InChI=1S/C20H20N6O/c1-2-4-16(5-3-1)26-7-6-17-18(15-12-21-14-22-13-15)23-20(24-19(17)26)25-8-10-27-11-9-25/h1-5,12-14H,6-11H2. The Hall–Kier alpha value is -3.06. The second kappa shape index (κ2) is 6.92. The quantitative estimate of drug-likeness (QED) is 0.711. The summed E-state index contributed by atoms with van der Waals surface area (Å²) in [5.41, 5.74) is 4.17. The Morgan fingerprint density at radius 2 is 1.67 bits per heavy atom. The number of fused-ring (bicyclic) bond motifs is 1. The highest BCUT2D eigenvalue weighted by atomic mass is 16.5. The van der Waals surface area contributed by atoms with Crippen LogP contribution in [0.5, 0.6) is 0 Å². The zero-order valence-corrected chi connectivity index (χ0v) is 15.0. The third kappa shape index (κ3) is 3.00. The van der Waals surface area contributed by atoms with E-state index in [4.69, 9.17) is 14.7 Å². The van der Waals surface area contributed by atoms with Crippen molar-refractivity contribution in [3.8, 4) is 11.3 Å². The average molecular weight is 360 g/mol. The molecule has 136 valence electrons. The molecule has 1 fully saturated rings. The SMILES string of the molecule is c1ccc(N2CCc3c(-c4cncnc4)nc(N4CCOCC4)nc32)cc1. The van der Waals surface area contributed by atoms with E-state index in [1.54, 1.807) is 6.33 Å². The minimum atomic E-state index is 0.701. The van der Waals surface area contributed by atoms with Crippen molar-refractivity contribution < 1.29 is 4.74 Å². The molecule has 7 heteroatoms. The average Bonchev–Trinajstić information content (AvgIpc) is 3.19. The predicted octanol–water partition coefficient (Wildman–Crippen LogP) is 2.46. The highest BCUT2D eigenvalue weighted by Crippen LogP contribution is 2.38. The number of ether oxygens (including phenoxy) is 1. The maximum atomic E-state index is 5.49. The maximum Gasteiger partial charge on any atom is 0.228 e. The van der Waals surface area contributed by atoms with Crippen LogP contribution in [0.15, 0.2) is 49.1 Å². The van der Waals surface area contributed by atoms with Crippen molar-refractivity contribution in [3.05, 3.63) is 54.6 Å². The van der Waals surface area contributed by atoms with Gasteiger partial charge in [0.25, 0.3) is 0 Å². The van der Waals surface area contributed by atoms with Crippen LogP contribution in [-0.2, 0) is 11.2 Å². The Balaban J connectivity index is 1.65. The van der Waals surface area contributed by atoms with Crippen molar-refractivity contribution in [1.29, 1.82) is 0 Å². The summed E-state index contributed by atoms with van der Waals surface area (Å²) in [5.74, 6) is 1.73. The van der Waals surface area contributed by atoms with Gasteiger partial charge in [-0.1, -0.05) is 18.2 Å². The van der Waals surface area contributed by atoms with Gasteiger partial charge in [-0.25, -0.2) is 15.0 Å². The summed E-state index contributed by atoms with van der Waals surface area (Å²) in [6, 6.07) is 10.4. The molecule has 2 aromatic heterocycles. The summed E-state index contributed by atoms with van der Waals surface area (Å²) in [7, 11) is 0. The van der Waals surface area contributed by atoms with E-state index in [9.17, 15) is 0 Å². The van der Waals surface area contributed by atoms with Gasteiger partial charge in [0.2, 0.25) is 5.95 Å². The fourth-order valence-electron chi connectivity index (χ4n) is 3.67. The first kappa shape index (κ1) is 16.1. The molecule has 2 aliphatic rings. The normalized spacial score (nSPS) is 16.4. The van der Waals surface area contributed by atoms with Crippen molar-refractivity contribution in [1.82, 2.24) is 19.9 Å². The van der Waals surface area contributed by atoms with Crippen LogP contribution in [0.1, 0.15) is 5.56 Å². The number of nitrogens with zero attached hydrogens (tertiary/aromatic N) is 6. The van der Waals surface area contributed by atoms with Gasteiger partial charge < -0.3 is 14.5 Å². The molecule has 2 aliphatic heterocycles. The van der Waals surface area contributed by atoms with Crippen molar-refractivity contribution in [2.75, 3.05) is 42.6 Å². The molecule has 1 aromatic carbocycles. The van der Waals surface area contributed by atoms with E-state index in [0.717, 1.165) is 60.3 Å². The Labute approximate surface area is 157 Å². The van der Waals surface area contributed by atoms with Crippen LogP contribution in [-0.4, -0.2) is 52.8 Å². The van der Waals surface area contributed by atoms with Gasteiger partial charge in [0.05, 0.1) is 18.9 Å². The van der Waals surface area contributed by atoms with Crippen LogP contribution in [0.4, 0.5) is 17.5 Å². The van der Waals surface area contributed by atoms with Gasteiger partial charge in [-0.3, -0.25) is 0 Å². The topological polar surface area (TPSA) is 67.3 Å². The first-order valence-corrected chi connectivity index (χ1v) is 9.22. The number of rotatable bonds is 3. The molecule has 1 saturated heterocycles. The lowest BCUT2D eigenvalue weighted by atomic mass is 10.1. The molecule has 0 unspecified atom stereocenters. The highest BCUT2D eigenvalue weighted by Gasteiger charge is 2.29. The zero-order valence-electron chi connectivity index (χ0n) is 15.0. The lowest BCUT2D eigenvalue weighted by Gasteiger charge is -2.28. The summed E-state index contributed by atoms with van der Waals surface area (Å²) in [4.78, 5) is 22.7. The highest BCUT2D eigenvalue weighted by molar-refractivity contribution is 5.76. The third-order valence-corrected chi connectivity index (χ3v) is 5.01. The van der Waals surface area contributed by atoms with Crippen molar-refractivity contribution in [2.24, 2.45) is 0 Å². The second-order valence-corrected chi connectivity index (χ2v) is 6.64. The molecule has 0 N–H and O–H groups in total. The molecule has 7 nitrogen and oxygen atoms in total. The van der Waals surface area contributed by atoms with Crippen LogP contribution < -0.4 is 9.80 Å². The number of morpholine rings is 1. The molecule has 0 atom stereocenters. The Kier molecular flexibility index (Phi) is 4.14. The van der Waals surface area contributed by atoms with E-state index < -0.39 is 0 Å². The van der Waals surface area contributed by atoms with Crippen LogP contribution in [0.2, 0.25) is 0 Å². The molecule has 0 saturated carbocycles. The number of aromatic nitrogens is 4. The largest absolute Gasteiger partial charge is 0.378 e. The smallest absolute Gasteiger partial charge is 0.228 e. The number of anilines is 3. The van der Waals surface area contributed by atoms with Gasteiger partial charge in [-0.2, -0.15) is 4.98 Å². The Bertz CT molecular complexity index is 928. The minimum Gasteiger partial charge on any atom is -0.378 e. The van der Waals surface area contributed by atoms with Crippen LogP contribution >= 0.6 is 0 Å². The zero-order chi connectivity index (χ0) is 18.1. The third-order valence-electron chi connectivity index (χ3n) is 5.01. The first-order chi connectivity index (χ1) is 13.4. The number of hydrogen-bond acceptors (Lipinski definition) is 7. The van der Waals surface area contributed by atoms with E-state index >= 15 is 0 Å². The fourth-order valence-corrected chi connectivity index (χ4v) is 3.67. The minimum absolute atomic E-state index is 0.701.